The van der Waals surface area contributed by atoms with Gasteiger partial charge in [-0.1, -0.05) is 30.3 Å². The van der Waals surface area contributed by atoms with Crippen LogP contribution in [0.4, 0.5) is 8.78 Å². The van der Waals surface area contributed by atoms with Crippen LogP contribution in [0.15, 0.2) is 42.5 Å². The Hall–Kier alpha value is -1.74. The van der Waals surface area contributed by atoms with E-state index < -0.39 is 0 Å². The fraction of sp³-hybridized carbons (Fsp3) is 0.250. The van der Waals surface area contributed by atoms with E-state index >= 15 is 0 Å². The zero-order valence-corrected chi connectivity index (χ0v) is 11.1. The minimum absolute atomic E-state index is 0.0911. The van der Waals surface area contributed by atoms with E-state index in [0.717, 1.165) is 5.56 Å². The van der Waals surface area contributed by atoms with Crippen molar-refractivity contribution in [1.29, 1.82) is 0 Å². The molecule has 1 atom stereocenters. The fourth-order valence-corrected chi connectivity index (χ4v) is 2.02. The Morgan fingerprint density at radius 1 is 1.05 bits per heavy atom. The summed E-state index contributed by atoms with van der Waals surface area (Å²) in [4.78, 5) is 0. The predicted molar refractivity (Wildman–Crippen MR) is 72.8 cm³/mol. The molecule has 0 radical (unpaired) electrons. The van der Waals surface area contributed by atoms with Gasteiger partial charge in [-0.05, 0) is 37.1 Å². The van der Waals surface area contributed by atoms with Crippen LogP contribution in [0.1, 0.15) is 29.7 Å². The smallest absolute Gasteiger partial charge is 0.127 e. The van der Waals surface area contributed by atoms with Gasteiger partial charge in [0.05, 0.1) is 0 Å². The van der Waals surface area contributed by atoms with Crippen LogP contribution < -0.4 is 5.32 Å². The molecule has 0 amide bonds. The van der Waals surface area contributed by atoms with E-state index in [2.05, 4.69) is 5.32 Å². The average molecular weight is 261 g/mol. The zero-order valence-electron chi connectivity index (χ0n) is 11.1. The minimum atomic E-state index is -0.210. The molecule has 0 saturated heterocycles. The van der Waals surface area contributed by atoms with Crippen LogP contribution in [0.25, 0.3) is 0 Å². The molecule has 0 aliphatic rings. The lowest BCUT2D eigenvalue weighted by Crippen LogP contribution is -2.19. The number of rotatable bonds is 4. The molecule has 1 N–H and O–H groups in total. The van der Waals surface area contributed by atoms with Crippen LogP contribution >= 0.6 is 0 Å². The standard InChI is InChI=1S/C16H17F2N/c1-11-9-13(7-8-15(11)17)10-19-12(2)14-5-3-4-6-16(14)18/h3-9,12,19H,10H2,1-2H3. The van der Waals surface area contributed by atoms with Crippen LogP contribution in [0.2, 0.25) is 0 Å². The maximum atomic E-state index is 13.6. The first-order valence-electron chi connectivity index (χ1n) is 6.31. The van der Waals surface area contributed by atoms with Crippen molar-refractivity contribution in [2.24, 2.45) is 0 Å². The number of benzene rings is 2. The van der Waals surface area contributed by atoms with Crippen molar-refractivity contribution in [3.8, 4) is 0 Å². The molecule has 0 aromatic heterocycles. The third-order valence-corrected chi connectivity index (χ3v) is 3.21. The van der Waals surface area contributed by atoms with Crippen LogP contribution in [0.3, 0.4) is 0 Å². The van der Waals surface area contributed by atoms with Crippen molar-refractivity contribution in [3.63, 3.8) is 0 Å². The normalized spacial score (nSPS) is 12.4. The summed E-state index contributed by atoms with van der Waals surface area (Å²) in [5.41, 5.74) is 2.25. The monoisotopic (exact) mass is 261 g/mol. The Balaban J connectivity index is 2.02. The number of hydrogen-bond donors (Lipinski definition) is 1. The summed E-state index contributed by atoms with van der Waals surface area (Å²) in [6.07, 6.45) is 0. The zero-order chi connectivity index (χ0) is 13.8. The SMILES string of the molecule is Cc1cc(CNC(C)c2ccccc2F)ccc1F. The number of aryl methyl sites for hydroxylation is 1. The highest BCUT2D eigenvalue weighted by Crippen LogP contribution is 2.17. The van der Waals surface area contributed by atoms with Gasteiger partial charge in [0.1, 0.15) is 11.6 Å². The third kappa shape index (κ3) is 3.38. The van der Waals surface area contributed by atoms with E-state index in [9.17, 15) is 8.78 Å². The topological polar surface area (TPSA) is 12.0 Å². The quantitative estimate of drug-likeness (QED) is 0.872. The second-order valence-electron chi connectivity index (χ2n) is 4.71. The van der Waals surface area contributed by atoms with Gasteiger partial charge in [-0.15, -0.1) is 0 Å². The summed E-state index contributed by atoms with van der Waals surface area (Å²) in [6.45, 7) is 4.23. The molecular weight excluding hydrogens is 244 g/mol. The van der Waals surface area contributed by atoms with Gasteiger partial charge in [0.15, 0.2) is 0 Å². The van der Waals surface area contributed by atoms with Crippen molar-refractivity contribution >= 4 is 0 Å². The van der Waals surface area contributed by atoms with Gasteiger partial charge in [-0.25, -0.2) is 8.78 Å². The molecule has 2 rings (SSSR count). The van der Waals surface area contributed by atoms with E-state index in [1.165, 1.54) is 12.1 Å². The van der Waals surface area contributed by atoms with E-state index in [1.54, 1.807) is 31.2 Å². The average Bonchev–Trinajstić information content (AvgIpc) is 2.40. The summed E-state index contributed by atoms with van der Waals surface area (Å²) < 4.78 is 26.7. The molecule has 0 heterocycles. The molecule has 0 spiro atoms. The molecule has 2 aromatic carbocycles. The molecular formula is C16H17F2N. The van der Waals surface area contributed by atoms with Crippen LogP contribution in [-0.4, -0.2) is 0 Å². The molecule has 1 unspecified atom stereocenters. The molecule has 0 aliphatic heterocycles. The van der Waals surface area contributed by atoms with Crippen molar-refractivity contribution in [3.05, 3.63) is 70.8 Å². The lowest BCUT2D eigenvalue weighted by molar-refractivity contribution is 0.527. The van der Waals surface area contributed by atoms with Crippen LogP contribution in [0, 0.1) is 18.6 Å². The van der Waals surface area contributed by atoms with E-state index in [4.69, 9.17) is 0 Å². The molecule has 0 bridgehead atoms. The van der Waals surface area contributed by atoms with E-state index in [0.29, 0.717) is 17.7 Å². The van der Waals surface area contributed by atoms with Gasteiger partial charge in [-0.3, -0.25) is 0 Å². The Labute approximate surface area is 112 Å². The second-order valence-corrected chi connectivity index (χ2v) is 4.71. The molecule has 2 aromatic rings. The first-order valence-corrected chi connectivity index (χ1v) is 6.31. The Kier molecular flexibility index (Phi) is 4.27. The maximum Gasteiger partial charge on any atom is 0.127 e. The largest absolute Gasteiger partial charge is 0.306 e. The highest BCUT2D eigenvalue weighted by molar-refractivity contribution is 5.25. The van der Waals surface area contributed by atoms with Crippen LogP contribution in [0.5, 0.6) is 0 Å². The fourth-order valence-electron chi connectivity index (χ4n) is 2.02. The summed E-state index contributed by atoms with van der Waals surface area (Å²) in [5.74, 6) is -0.413. The summed E-state index contributed by atoms with van der Waals surface area (Å²) >= 11 is 0. The minimum Gasteiger partial charge on any atom is -0.306 e. The van der Waals surface area contributed by atoms with Gasteiger partial charge in [-0.2, -0.15) is 0 Å². The molecule has 0 fully saturated rings. The van der Waals surface area contributed by atoms with Gasteiger partial charge in [0, 0.05) is 18.2 Å². The van der Waals surface area contributed by atoms with Gasteiger partial charge in [0.2, 0.25) is 0 Å². The Morgan fingerprint density at radius 3 is 2.47 bits per heavy atom. The van der Waals surface area contributed by atoms with Gasteiger partial charge < -0.3 is 5.32 Å². The van der Waals surface area contributed by atoms with E-state index in [-0.39, 0.29) is 17.7 Å². The molecule has 19 heavy (non-hydrogen) atoms. The van der Waals surface area contributed by atoms with Crippen molar-refractivity contribution in [2.45, 2.75) is 26.4 Å². The summed E-state index contributed by atoms with van der Waals surface area (Å²) in [6, 6.07) is 11.6. The lowest BCUT2D eigenvalue weighted by Gasteiger charge is -2.15. The molecule has 3 heteroatoms. The Bertz CT molecular complexity index is 566. The lowest BCUT2D eigenvalue weighted by atomic mass is 10.1. The van der Waals surface area contributed by atoms with Crippen molar-refractivity contribution in [2.75, 3.05) is 0 Å². The first kappa shape index (κ1) is 13.7. The number of hydrogen-bond acceptors (Lipinski definition) is 1. The van der Waals surface area contributed by atoms with E-state index in [1.807, 2.05) is 13.0 Å². The molecule has 100 valence electrons. The third-order valence-electron chi connectivity index (χ3n) is 3.21. The number of nitrogens with one attached hydrogen (secondary N) is 1. The van der Waals surface area contributed by atoms with Crippen molar-refractivity contribution < 1.29 is 8.78 Å². The molecule has 0 aliphatic carbocycles. The second kappa shape index (κ2) is 5.93. The van der Waals surface area contributed by atoms with Crippen LogP contribution in [-0.2, 0) is 6.54 Å². The number of halogens is 2. The first-order chi connectivity index (χ1) is 9.08. The summed E-state index contributed by atoms with van der Waals surface area (Å²) in [5, 5.41) is 3.24. The van der Waals surface area contributed by atoms with Gasteiger partial charge >= 0.3 is 0 Å². The maximum absolute atomic E-state index is 13.6. The molecule has 1 nitrogen and oxygen atoms in total. The highest BCUT2D eigenvalue weighted by Gasteiger charge is 2.09. The van der Waals surface area contributed by atoms with Crippen molar-refractivity contribution in [1.82, 2.24) is 5.32 Å². The summed E-state index contributed by atoms with van der Waals surface area (Å²) in [7, 11) is 0. The predicted octanol–water partition coefficient (Wildman–Crippen LogP) is 4.12. The van der Waals surface area contributed by atoms with Gasteiger partial charge in [0.25, 0.3) is 0 Å². The molecule has 0 saturated carbocycles. The Morgan fingerprint density at radius 2 is 1.79 bits per heavy atom. The highest BCUT2D eigenvalue weighted by atomic mass is 19.1.